The molecule has 3 aromatic rings. The van der Waals surface area contributed by atoms with Crippen molar-refractivity contribution in [3.05, 3.63) is 36.4 Å². The first-order valence-electron chi connectivity index (χ1n) is 8.15. The molecule has 0 spiro atoms. The van der Waals surface area contributed by atoms with Crippen molar-refractivity contribution in [2.24, 2.45) is 5.92 Å². The highest BCUT2D eigenvalue weighted by molar-refractivity contribution is 7.17. The third-order valence-electron chi connectivity index (χ3n) is 4.17. The minimum atomic E-state index is -0.107. The summed E-state index contributed by atoms with van der Waals surface area (Å²) in [4.78, 5) is 14.6. The lowest BCUT2D eigenvalue weighted by Crippen LogP contribution is -2.40. The van der Waals surface area contributed by atoms with E-state index in [4.69, 9.17) is 4.52 Å². The van der Waals surface area contributed by atoms with Crippen LogP contribution in [0.2, 0.25) is 0 Å². The molecule has 1 unspecified atom stereocenters. The highest BCUT2D eigenvalue weighted by Gasteiger charge is 2.28. The van der Waals surface area contributed by atoms with Gasteiger partial charge in [0.25, 0.3) is 0 Å². The second-order valence-corrected chi connectivity index (χ2v) is 6.99. The highest BCUT2D eigenvalue weighted by Crippen LogP contribution is 2.28. The quantitative estimate of drug-likeness (QED) is 0.771. The van der Waals surface area contributed by atoms with Crippen LogP contribution in [-0.4, -0.2) is 38.9 Å². The first-order valence-corrected chi connectivity index (χ1v) is 8.96. The molecule has 1 saturated heterocycles. The molecule has 1 aliphatic rings. The summed E-state index contributed by atoms with van der Waals surface area (Å²) in [5, 5.41) is 16.8. The number of nitrogens with zero attached hydrogens (tertiary/aromatic N) is 5. The monoisotopic (exact) mass is 358 g/mol. The Morgan fingerprint density at radius 2 is 2.12 bits per heavy atom. The molecular weight excluding hydrogens is 340 g/mol. The average molecular weight is 358 g/mol. The molecule has 0 saturated carbocycles. The zero-order chi connectivity index (χ0) is 17.2. The van der Waals surface area contributed by atoms with Crippen LogP contribution in [0.3, 0.4) is 0 Å². The van der Waals surface area contributed by atoms with E-state index in [1.54, 1.807) is 13.0 Å². The summed E-state index contributed by atoms with van der Waals surface area (Å²) in [6.07, 6.45) is 5.67. The molecule has 0 aromatic carbocycles. The number of carbonyl (C=O) groups is 1. The summed E-state index contributed by atoms with van der Waals surface area (Å²) in [7, 11) is 0. The van der Waals surface area contributed by atoms with Gasteiger partial charge in [0.05, 0.1) is 5.92 Å². The predicted molar refractivity (Wildman–Crippen MR) is 94.0 cm³/mol. The third-order valence-corrected chi connectivity index (χ3v) is 5.17. The van der Waals surface area contributed by atoms with Gasteiger partial charge in [-0.1, -0.05) is 16.5 Å². The molecule has 1 fully saturated rings. The summed E-state index contributed by atoms with van der Waals surface area (Å²) in [5.74, 6) is 0.996. The number of amides is 1. The van der Waals surface area contributed by atoms with Gasteiger partial charge in [0.15, 0.2) is 5.82 Å². The molecule has 4 heterocycles. The molecule has 0 bridgehead atoms. The lowest BCUT2D eigenvalue weighted by Gasteiger charge is -2.31. The topological polar surface area (TPSA) is 89.1 Å². The van der Waals surface area contributed by atoms with Crippen LogP contribution in [0.5, 0.6) is 0 Å². The number of aryl methyl sites for hydroxylation is 1. The van der Waals surface area contributed by atoms with E-state index >= 15 is 0 Å². The average Bonchev–Trinajstić information content (AvgIpc) is 3.36. The lowest BCUT2D eigenvalue weighted by molar-refractivity contribution is -0.120. The van der Waals surface area contributed by atoms with E-state index in [2.05, 4.69) is 25.6 Å². The van der Waals surface area contributed by atoms with Crippen molar-refractivity contribution >= 4 is 28.2 Å². The van der Waals surface area contributed by atoms with E-state index in [0.29, 0.717) is 18.1 Å². The molecule has 9 heteroatoms. The lowest BCUT2D eigenvalue weighted by atomic mass is 9.97. The van der Waals surface area contributed by atoms with Crippen LogP contribution in [-0.2, 0) is 4.79 Å². The van der Waals surface area contributed by atoms with Crippen molar-refractivity contribution in [1.29, 1.82) is 0 Å². The Balaban J connectivity index is 1.43. The Hall–Kier alpha value is -2.68. The normalized spacial score (nSPS) is 17.6. The van der Waals surface area contributed by atoms with Gasteiger partial charge in [0, 0.05) is 31.5 Å². The maximum atomic E-state index is 12.5. The van der Waals surface area contributed by atoms with Crippen LogP contribution in [0.25, 0.3) is 5.13 Å². The van der Waals surface area contributed by atoms with E-state index < -0.39 is 0 Å². The van der Waals surface area contributed by atoms with E-state index in [0.717, 1.165) is 29.6 Å². The minimum absolute atomic E-state index is 0.0341. The molecule has 130 valence electrons. The smallest absolute Gasteiger partial charge is 0.230 e. The van der Waals surface area contributed by atoms with Crippen LogP contribution in [0.1, 0.15) is 18.6 Å². The number of nitrogens with one attached hydrogen (secondary N) is 1. The van der Waals surface area contributed by atoms with Crippen LogP contribution < -0.4 is 10.2 Å². The standard InChI is InChI=1S/C16H18N6O2S/c1-11-9-13(20-24-11)17-14(23)12-5-4-8-22(10-12)16-19-18-15(25-16)21-6-2-3-7-21/h2-3,6-7,9,12H,4-5,8,10H2,1H3,(H,17,20,23). The molecule has 1 amide bonds. The number of rotatable bonds is 4. The van der Waals surface area contributed by atoms with Gasteiger partial charge in [0.1, 0.15) is 5.76 Å². The van der Waals surface area contributed by atoms with Crippen LogP contribution >= 0.6 is 11.3 Å². The van der Waals surface area contributed by atoms with Gasteiger partial charge in [-0.15, -0.1) is 10.2 Å². The van der Waals surface area contributed by atoms with Gasteiger partial charge in [-0.3, -0.25) is 9.36 Å². The zero-order valence-corrected chi connectivity index (χ0v) is 14.6. The predicted octanol–water partition coefficient (Wildman–Crippen LogP) is 2.48. The molecule has 1 aliphatic heterocycles. The molecule has 8 nitrogen and oxygen atoms in total. The van der Waals surface area contributed by atoms with Crippen molar-refractivity contribution in [3.8, 4) is 5.13 Å². The molecule has 0 aliphatic carbocycles. The third kappa shape index (κ3) is 3.41. The minimum Gasteiger partial charge on any atom is -0.360 e. The molecule has 4 rings (SSSR count). The summed E-state index contributed by atoms with van der Waals surface area (Å²) in [6, 6.07) is 5.62. The molecule has 1 N–H and O–H groups in total. The van der Waals surface area contributed by atoms with Gasteiger partial charge < -0.3 is 14.7 Å². The summed E-state index contributed by atoms with van der Waals surface area (Å²) < 4.78 is 6.92. The summed E-state index contributed by atoms with van der Waals surface area (Å²) in [5.41, 5.74) is 0. The van der Waals surface area contributed by atoms with Crippen molar-refractivity contribution in [2.45, 2.75) is 19.8 Å². The Kier molecular flexibility index (Phi) is 4.22. The van der Waals surface area contributed by atoms with Crippen molar-refractivity contribution < 1.29 is 9.32 Å². The summed E-state index contributed by atoms with van der Waals surface area (Å²) >= 11 is 1.53. The van der Waals surface area contributed by atoms with Crippen LogP contribution in [0.4, 0.5) is 10.9 Å². The number of hydrogen-bond acceptors (Lipinski definition) is 7. The molecule has 3 aromatic heterocycles. The Bertz CT molecular complexity index is 856. The van der Waals surface area contributed by atoms with Crippen molar-refractivity contribution in [3.63, 3.8) is 0 Å². The number of carbonyl (C=O) groups excluding carboxylic acids is 1. The summed E-state index contributed by atoms with van der Waals surface area (Å²) in [6.45, 7) is 3.30. The van der Waals surface area contributed by atoms with Gasteiger partial charge in [-0.05, 0) is 31.9 Å². The van der Waals surface area contributed by atoms with Gasteiger partial charge in [0.2, 0.25) is 16.2 Å². The Morgan fingerprint density at radius 3 is 2.88 bits per heavy atom. The van der Waals surface area contributed by atoms with Gasteiger partial charge >= 0.3 is 0 Å². The Labute approximate surface area is 148 Å². The molecule has 0 radical (unpaired) electrons. The zero-order valence-electron chi connectivity index (χ0n) is 13.8. The fourth-order valence-corrected chi connectivity index (χ4v) is 3.77. The fourth-order valence-electron chi connectivity index (χ4n) is 2.92. The van der Waals surface area contributed by atoms with Crippen molar-refractivity contribution in [2.75, 3.05) is 23.3 Å². The number of piperidine rings is 1. The SMILES string of the molecule is Cc1cc(NC(=O)C2CCCN(c3nnc(-n4cccc4)s3)C2)no1. The van der Waals surface area contributed by atoms with E-state index in [1.807, 2.05) is 29.1 Å². The fraction of sp³-hybridized carbons (Fsp3) is 0.375. The van der Waals surface area contributed by atoms with Gasteiger partial charge in [-0.25, -0.2) is 0 Å². The van der Waals surface area contributed by atoms with Crippen LogP contribution in [0.15, 0.2) is 35.1 Å². The first kappa shape index (κ1) is 15.8. The van der Waals surface area contributed by atoms with Crippen molar-refractivity contribution in [1.82, 2.24) is 19.9 Å². The van der Waals surface area contributed by atoms with Gasteiger partial charge in [-0.2, -0.15) is 0 Å². The van der Waals surface area contributed by atoms with E-state index in [1.165, 1.54) is 11.3 Å². The highest BCUT2D eigenvalue weighted by atomic mass is 32.1. The second-order valence-electron chi connectivity index (χ2n) is 6.05. The van der Waals surface area contributed by atoms with E-state index in [-0.39, 0.29) is 11.8 Å². The number of anilines is 2. The largest absolute Gasteiger partial charge is 0.360 e. The second kappa shape index (κ2) is 6.67. The van der Waals surface area contributed by atoms with E-state index in [9.17, 15) is 4.79 Å². The first-order chi connectivity index (χ1) is 12.2. The maximum Gasteiger partial charge on any atom is 0.230 e. The Morgan fingerprint density at radius 1 is 1.32 bits per heavy atom. The molecule has 1 atom stereocenters. The maximum absolute atomic E-state index is 12.5. The number of aromatic nitrogens is 4. The molecule has 25 heavy (non-hydrogen) atoms. The van der Waals surface area contributed by atoms with Crippen LogP contribution in [0, 0.1) is 12.8 Å². The molecular formula is C16H18N6O2S. The number of hydrogen-bond donors (Lipinski definition) is 1.